The molecule has 0 saturated heterocycles. The summed E-state index contributed by atoms with van der Waals surface area (Å²) >= 11 is 11.7. The highest BCUT2D eigenvalue weighted by atomic mass is 35.5. The molecule has 0 unspecified atom stereocenters. The number of carbonyl (C=O) groups is 1. The smallest absolute Gasteiger partial charge is 0.328 e. The van der Waals surface area contributed by atoms with Crippen LogP contribution in [0.5, 0.6) is 0 Å². The van der Waals surface area contributed by atoms with E-state index in [0.29, 0.717) is 6.42 Å². The topological polar surface area (TPSA) is 106 Å². The van der Waals surface area contributed by atoms with Gasteiger partial charge in [-0.3, -0.25) is 4.57 Å². The van der Waals surface area contributed by atoms with Crippen molar-refractivity contribution in [2.75, 3.05) is 6.54 Å². The van der Waals surface area contributed by atoms with Crippen LogP contribution in [0.25, 0.3) is 16.9 Å². The van der Waals surface area contributed by atoms with E-state index in [1.807, 2.05) is 48.9 Å². The number of carbonyl (C=O) groups excluding carboxylic acids is 1. The Kier molecular flexibility index (Phi) is 7.54. The van der Waals surface area contributed by atoms with Gasteiger partial charge in [0.05, 0.1) is 4.90 Å². The predicted octanol–water partition coefficient (Wildman–Crippen LogP) is 5.14. The standard InChI is InChI=1S/C25H25Cl2N5O3S/c1-4-22-30-23-15(2)11-16(3)29-24(23)32(22)20-7-5-17(6-8-20)9-10-28-25(33)31-36(34,35)21-13-18(26)12-19(27)14-21/h5-8,11-14H,4,9-10H2,1-3H3,(H2,28,31,33). The molecule has 4 rings (SSSR count). The first-order valence-corrected chi connectivity index (χ1v) is 13.5. The molecule has 0 radical (unpaired) electrons. The first-order chi connectivity index (χ1) is 17.1. The normalized spacial score (nSPS) is 11.6. The number of amides is 2. The Balaban J connectivity index is 1.41. The number of hydrogen-bond acceptors (Lipinski definition) is 5. The fourth-order valence-electron chi connectivity index (χ4n) is 3.95. The average Bonchev–Trinajstić information content (AvgIpc) is 3.17. The van der Waals surface area contributed by atoms with Gasteiger partial charge >= 0.3 is 6.03 Å². The van der Waals surface area contributed by atoms with Gasteiger partial charge in [0, 0.05) is 34.4 Å². The largest absolute Gasteiger partial charge is 0.337 e. The lowest BCUT2D eigenvalue weighted by Crippen LogP contribution is -2.40. The molecule has 188 valence electrons. The van der Waals surface area contributed by atoms with Crippen LogP contribution in [0.2, 0.25) is 10.0 Å². The fourth-order valence-corrected chi connectivity index (χ4v) is 5.60. The number of aromatic nitrogens is 3. The summed E-state index contributed by atoms with van der Waals surface area (Å²) < 4.78 is 28.9. The maximum atomic E-state index is 12.4. The predicted molar refractivity (Wildman–Crippen MR) is 142 cm³/mol. The van der Waals surface area contributed by atoms with Gasteiger partial charge in [-0.25, -0.2) is 27.9 Å². The molecule has 11 heteroatoms. The molecule has 0 atom stereocenters. The van der Waals surface area contributed by atoms with Crippen molar-refractivity contribution in [3.8, 4) is 5.69 Å². The van der Waals surface area contributed by atoms with E-state index in [1.165, 1.54) is 18.2 Å². The van der Waals surface area contributed by atoms with E-state index in [-0.39, 0.29) is 21.5 Å². The minimum Gasteiger partial charge on any atom is -0.337 e. The van der Waals surface area contributed by atoms with Crippen molar-refractivity contribution >= 4 is 50.4 Å². The number of hydrogen-bond donors (Lipinski definition) is 2. The molecule has 2 heterocycles. The highest BCUT2D eigenvalue weighted by molar-refractivity contribution is 7.90. The molecular weight excluding hydrogens is 521 g/mol. The molecule has 36 heavy (non-hydrogen) atoms. The maximum Gasteiger partial charge on any atom is 0.328 e. The molecule has 0 aliphatic rings. The molecule has 2 aromatic heterocycles. The fraction of sp³-hybridized carbons (Fsp3) is 0.240. The summed E-state index contributed by atoms with van der Waals surface area (Å²) in [7, 11) is -4.11. The van der Waals surface area contributed by atoms with Gasteiger partial charge in [0.1, 0.15) is 11.3 Å². The van der Waals surface area contributed by atoms with E-state index >= 15 is 0 Å². The van der Waals surface area contributed by atoms with Crippen molar-refractivity contribution in [1.29, 1.82) is 0 Å². The SMILES string of the molecule is CCc1nc2c(C)cc(C)nc2n1-c1ccc(CCNC(=O)NS(=O)(=O)c2cc(Cl)cc(Cl)c2)cc1. The van der Waals surface area contributed by atoms with Crippen LogP contribution in [0.15, 0.2) is 53.4 Å². The lowest BCUT2D eigenvalue weighted by molar-refractivity contribution is 0.246. The molecule has 2 amide bonds. The van der Waals surface area contributed by atoms with Crippen molar-refractivity contribution in [3.63, 3.8) is 0 Å². The third kappa shape index (κ3) is 5.64. The van der Waals surface area contributed by atoms with E-state index in [4.69, 9.17) is 33.2 Å². The average molecular weight is 546 g/mol. The lowest BCUT2D eigenvalue weighted by Gasteiger charge is -2.11. The van der Waals surface area contributed by atoms with Crippen LogP contribution in [0.4, 0.5) is 4.79 Å². The van der Waals surface area contributed by atoms with Crippen molar-refractivity contribution in [1.82, 2.24) is 24.6 Å². The molecule has 0 aliphatic carbocycles. The van der Waals surface area contributed by atoms with Crippen LogP contribution in [0.1, 0.15) is 29.6 Å². The molecule has 0 aliphatic heterocycles. The van der Waals surface area contributed by atoms with E-state index in [0.717, 1.165) is 45.9 Å². The Morgan fingerprint density at radius 1 is 1.00 bits per heavy atom. The maximum absolute atomic E-state index is 12.4. The Hall–Kier alpha value is -3.14. The van der Waals surface area contributed by atoms with Crippen LogP contribution in [0, 0.1) is 13.8 Å². The minimum absolute atomic E-state index is 0.155. The molecule has 0 spiro atoms. The molecule has 0 bridgehead atoms. The van der Waals surface area contributed by atoms with E-state index < -0.39 is 16.1 Å². The number of benzene rings is 2. The Morgan fingerprint density at radius 3 is 2.31 bits per heavy atom. The number of pyridine rings is 1. The Morgan fingerprint density at radius 2 is 1.67 bits per heavy atom. The number of rotatable bonds is 7. The van der Waals surface area contributed by atoms with E-state index in [2.05, 4.69) is 16.8 Å². The molecule has 2 aromatic carbocycles. The third-order valence-electron chi connectivity index (χ3n) is 5.59. The second-order valence-electron chi connectivity index (χ2n) is 8.35. The highest BCUT2D eigenvalue weighted by Gasteiger charge is 2.19. The van der Waals surface area contributed by atoms with Gasteiger partial charge in [0.15, 0.2) is 5.65 Å². The lowest BCUT2D eigenvalue weighted by atomic mass is 10.1. The second-order valence-corrected chi connectivity index (χ2v) is 10.9. The number of aryl methyl sites for hydroxylation is 3. The van der Waals surface area contributed by atoms with Gasteiger partial charge in [0.2, 0.25) is 0 Å². The van der Waals surface area contributed by atoms with Crippen molar-refractivity contribution in [2.24, 2.45) is 0 Å². The quantitative estimate of drug-likeness (QED) is 0.334. The molecule has 0 fully saturated rings. The summed E-state index contributed by atoms with van der Waals surface area (Å²) in [6, 6.07) is 12.9. The summed E-state index contributed by atoms with van der Waals surface area (Å²) in [6.07, 6.45) is 1.28. The van der Waals surface area contributed by atoms with E-state index in [1.54, 1.807) is 0 Å². The number of sulfonamides is 1. The minimum atomic E-state index is -4.11. The highest BCUT2D eigenvalue weighted by Crippen LogP contribution is 2.24. The number of halogens is 2. The molecule has 4 aromatic rings. The number of imidazole rings is 1. The van der Waals surface area contributed by atoms with Crippen LogP contribution < -0.4 is 10.0 Å². The van der Waals surface area contributed by atoms with Gasteiger partial charge in [-0.1, -0.05) is 42.3 Å². The van der Waals surface area contributed by atoms with Gasteiger partial charge < -0.3 is 5.32 Å². The first-order valence-electron chi connectivity index (χ1n) is 11.3. The molecule has 2 N–H and O–H groups in total. The number of nitrogens with one attached hydrogen (secondary N) is 2. The van der Waals surface area contributed by atoms with Crippen LogP contribution in [0.3, 0.4) is 0 Å². The van der Waals surface area contributed by atoms with Crippen LogP contribution in [-0.4, -0.2) is 35.5 Å². The number of nitrogens with zero attached hydrogens (tertiary/aromatic N) is 3. The monoisotopic (exact) mass is 545 g/mol. The molecule has 8 nitrogen and oxygen atoms in total. The Bertz CT molecular complexity index is 1530. The zero-order valence-corrected chi connectivity index (χ0v) is 22.3. The summed E-state index contributed by atoms with van der Waals surface area (Å²) in [4.78, 5) is 21.5. The summed E-state index contributed by atoms with van der Waals surface area (Å²) in [5, 5.41) is 2.87. The van der Waals surface area contributed by atoms with Gasteiger partial charge in [-0.2, -0.15) is 0 Å². The first kappa shape index (κ1) is 25.9. The van der Waals surface area contributed by atoms with Crippen molar-refractivity contribution in [3.05, 3.63) is 81.2 Å². The number of urea groups is 1. The zero-order chi connectivity index (χ0) is 26.0. The summed E-state index contributed by atoms with van der Waals surface area (Å²) in [6.45, 7) is 6.31. The number of fused-ring (bicyclic) bond motifs is 1. The second kappa shape index (κ2) is 10.5. The Labute approximate surface area is 219 Å². The van der Waals surface area contributed by atoms with Gasteiger partial charge in [-0.15, -0.1) is 0 Å². The molecule has 0 saturated carbocycles. The molecular formula is C25H25Cl2N5O3S. The van der Waals surface area contributed by atoms with E-state index in [9.17, 15) is 13.2 Å². The zero-order valence-electron chi connectivity index (χ0n) is 20.0. The van der Waals surface area contributed by atoms with Crippen LogP contribution >= 0.6 is 23.2 Å². The van der Waals surface area contributed by atoms with Crippen molar-refractivity contribution < 1.29 is 13.2 Å². The van der Waals surface area contributed by atoms with Crippen molar-refractivity contribution in [2.45, 2.75) is 38.5 Å². The van der Waals surface area contributed by atoms with Crippen LogP contribution in [-0.2, 0) is 22.9 Å². The van der Waals surface area contributed by atoms with Gasteiger partial charge in [-0.05, 0) is 67.8 Å². The summed E-state index contributed by atoms with van der Waals surface area (Å²) in [5.74, 6) is 0.930. The summed E-state index contributed by atoms with van der Waals surface area (Å²) in [5.41, 5.74) is 5.68. The van der Waals surface area contributed by atoms with Gasteiger partial charge in [0.25, 0.3) is 10.0 Å². The third-order valence-corrected chi connectivity index (χ3v) is 7.33.